The number of benzene rings is 2. The van der Waals surface area contributed by atoms with Gasteiger partial charge in [-0.25, -0.2) is 5.43 Å². The highest BCUT2D eigenvalue weighted by Crippen LogP contribution is 2.38. The lowest BCUT2D eigenvalue weighted by Crippen LogP contribution is -2.17. The number of methoxy groups -OCH3 is 2. The van der Waals surface area contributed by atoms with Crippen molar-refractivity contribution in [2.45, 2.75) is 6.92 Å². The monoisotopic (exact) mass is 376 g/mol. The van der Waals surface area contributed by atoms with Crippen molar-refractivity contribution < 1.29 is 23.8 Å². The van der Waals surface area contributed by atoms with Crippen molar-refractivity contribution >= 4 is 29.7 Å². The zero-order chi connectivity index (χ0) is 19.1. The van der Waals surface area contributed by atoms with Gasteiger partial charge in [0.2, 0.25) is 5.75 Å². The minimum Gasteiger partial charge on any atom is -0.493 e. The lowest BCUT2D eigenvalue weighted by atomic mass is 10.2. The molecule has 0 atom stereocenters. The quantitative estimate of drug-likeness (QED) is 0.362. The number of carbonyl (C=O) groups is 2. The van der Waals surface area contributed by atoms with E-state index in [4.69, 9.17) is 25.8 Å². The first kappa shape index (κ1) is 19.3. The van der Waals surface area contributed by atoms with Crippen LogP contribution in [-0.4, -0.2) is 32.3 Å². The van der Waals surface area contributed by atoms with Gasteiger partial charge in [0.15, 0.2) is 11.5 Å². The zero-order valence-electron chi connectivity index (χ0n) is 14.4. The second-order valence-corrected chi connectivity index (χ2v) is 5.49. The van der Waals surface area contributed by atoms with Crippen LogP contribution >= 0.6 is 11.6 Å². The van der Waals surface area contributed by atoms with Crippen LogP contribution in [0.4, 0.5) is 0 Å². The number of hydrogen-bond donors (Lipinski definition) is 1. The minimum absolute atomic E-state index is 0.171. The molecule has 0 unspecified atom stereocenters. The van der Waals surface area contributed by atoms with Gasteiger partial charge in [-0.3, -0.25) is 9.59 Å². The number of esters is 1. The van der Waals surface area contributed by atoms with E-state index in [1.807, 2.05) is 0 Å². The molecule has 26 heavy (non-hydrogen) atoms. The third-order valence-electron chi connectivity index (χ3n) is 3.21. The summed E-state index contributed by atoms with van der Waals surface area (Å²) in [6, 6.07) is 9.60. The third kappa shape index (κ3) is 4.97. The molecule has 2 aromatic rings. The Morgan fingerprint density at radius 1 is 1.08 bits per heavy atom. The van der Waals surface area contributed by atoms with E-state index in [-0.39, 0.29) is 11.7 Å². The van der Waals surface area contributed by atoms with Crippen LogP contribution < -0.4 is 19.6 Å². The van der Waals surface area contributed by atoms with Crippen molar-refractivity contribution in [2.75, 3.05) is 14.2 Å². The third-order valence-corrected chi connectivity index (χ3v) is 3.47. The van der Waals surface area contributed by atoms with E-state index in [1.54, 1.807) is 36.4 Å². The molecule has 7 nitrogen and oxygen atoms in total. The van der Waals surface area contributed by atoms with E-state index in [0.29, 0.717) is 27.6 Å². The molecule has 0 fully saturated rings. The van der Waals surface area contributed by atoms with E-state index in [2.05, 4.69) is 10.5 Å². The fourth-order valence-corrected chi connectivity index (χ4v) is 2.18. The van der Waals surface area contributed by atoms with E-state index in [1.165, 1.54) is 27.4 Å². The molecule has 8 heteroatoms. The molecule has 0 aliphatic heterocycles. The fraction of sp³-hybridized carbons (Fsp3) is 0.167. The van der Waals surface area contributed by atoms with Gasteiger partial charge in [0.05, 0.1) is 20.4 Å². The van der Waals surface area contributed by atoms with Gasteiger partial charge in [-0.1, -0.05) is 11.6 Å². The molecule has 2 rings (SSSR count). The van der Waals surface area contributed by atoms with Crippen LogP contribution in [-0.2, 0) is 4.79 Å². The van der Waals surface area contributed by atoms with Gasteiger partial charge in [-0.2, -0.15) is 5.10 Å². The van der Waals surface area contributed by atoms with Crippen LogP contribution in [0, 0.1) is 0 Å². The molecule has 0 saturated heterocycles. The van der Waals surface area contributed by atoms with Crippen LogP contribution in [0.2, 0.25) is 5.02 Å². The Bertz CT molecular complexity index is 809. The summed E-state index contributed by atoms with van der Waals surface area (Å²) in [4.78, 5) is 23.2. The Morgan fingerprint density at radius 3 is 2.15 bits per heavy atom. The average molecular weight is 377 g/mol. The number of hydrazone groups is 1. The number of nitrogens with one attached hydrogen (secondary N) is 1. The average Bonchev–Trinajstić information content (AvgIpc) is 2.62. The van der Waals surface area contributed by atoms with Gasteiger partial charge in [-0.15, -0.1) is 0 Å². The lowest BCUT2D eigenvalue weighted by Gasteiger charge is -2.13. The highest BCUT2D eigenvalue weighted by atomic mass is 35.5. The van der Waals surface area contributed by atoms with E-state index < -0.39 is 5.97 Å². The molecule has 0 heterocycles. The molecule has 0 bridgehead atoms. The maximum Gasteiger partial charge on any atom is 0.308 e. The van der Waals surface area contributed by atoms with Crippen LogP contribution in [0.1, 0.15) is 22.8 Å². The van der Waals surface area contributed by atoms with E-state index in [9.17, 15) is 9.59 Å². The van der Waals surface area contributed by atoms with E-state index in [0.717, 1.165) is 0 Å². The summed E-state index contributed by atoms with van der Waals surface area (Å²) in [5.41, 5.74) is 3.41. The van der Waals surface area contributed by atoms with Crippen LogP contribution in [0.15, 0.2) is 41.5 Å². The molecular formula is C18H17ClN2O5. The predicted molar refractivity (Wildman–Crippen MR) is 97.4 cm³/mol. The molecule has 1 amide bonds. The molecule has 1 N–H and O–H groups in total. The van der Waals surface area contributed by atoms with Gasteiger partial charge in [-0.05, 0) is 36.4 Å². The molecular weight excluding hydrogens is 360 g/mol. The molecule has 0 radical (unpaired) electrons. The molecule has 136 valence electrons. The molecule has 0 saturated carbocycles. The Labute approximate surface area is 155 Å². The van der Waals surface area contributed by atoms with Crippen molar-refractivity contribution in [3.63, 3.8) is 0 Å². The highest BCUT2D eigenvalue weighted by molar-refractivity contribution is 6.30. The maximum atomic E-state index is 12.0. The number of halogens is 1. The Morgan fingerprint density at radius 2 is 1.65 bits per heavy atom. The number of ether oxygens (including phenoxy) is 3. The summed E-state index contributed by atoms with van der Waals surface area (Å²) in [7, 11) is 2.87. The first-order chi connectivity index (χ1) is 12.4. The topological polar surface area (TPSA) is 86.2 Å². The smallest absolute Gasteiger partial charge is 0.308 e. The molecule has 2 aromatic carbocycles. The minimum atomic E-state index is -0.502. The van der Waals surface area contributed by atoms with Crippen molar-refractivity contribution in [1.29, 1.82) is 0 Å². The molecule has 0 aromatic heterocycles. The largest absolute Gasteiger partial charge is 0.493 e. The Hall–Kier alpha value is -3.06. The summed E-state index contributed by atoms with van der Waals surface area (Å²) >= 11 is 5.79. The van der Waals surface area contributed by atoms with Gasteiger partial charge < -0.3 is 14.2 Å². The summed E-state index contributed by atoms with van der Waals surface area (Å²) in [5.74, 6) is -0.119. The van der Waals surface area contributed by atoms with E-state index >= 15 is 0 Å². The van der Waals surface area contributed by atoms with Crippen molar-refractivity contribution in [1.82, 2.24) is 5.43 Å². The molecule has 0 aliphatic carbocycles. The SMILES string of the molecule is COc1cc(/C=N\NC(=O)c2ccc(Cl)cc2)cc(OC)c1OC(C)=O. The van der Waals surface area contributed by atoms with Crippen molar-refractivity contribution in [2.24, 2.45) is 5.10 Å². The van der Waals surface area contributed by atoms with Crippen molar-refractivity contribution in [3.05, 3.63) is 52.5 Å². The first-order valence-corrected chi connectivity index (χ1v) is 7.85. The van der Waals surface area contributed by atoms with Gasteiger partial charge in [0.25, 0.3) is 5.91 Å². The summed E-state index contributed by atoms with van der Waals surface area (Å²) in [6.07, 6.45) is 1.41. The molecule has 0 spiro atoms. The Kier molecular flexibility index (Phi) is 6.57. The van der Waals surface area contributed by atoms with Crippen LogP contribution in [0.25, 0.3) is 0 Å². The maximum absolute atomic E-state index is 12.0. The lowest BCUT2D eigenvalue weighted by molar-refractivity contribution is -0.132. The van der Waals surface area contributed by atoms with Gasteiger partial charge in [0.1, 0.15) is 0 Å². The normalized spacial score (nSPS) is 10.5. The number of amides is 1. The van der Waals surface area contributed by atoms with Crippen molar-refractivity contribution in [3.8, 4) is 17.2 Å². The van der Waals surface area contributed by atoms with Crippen LogP contribution in [0.3, 0.4) is 0 Å². The van der Waals surface area contributed by atoms with Crippen LogP contribution in [0.5, 0.6) is 17.2 Å². The standard InChI is InChI=1S/C18H17ClN2O5/c1-11(22)26-17-15(24-2)8-12(9-16(17)25-3)10-20-21-18(23)13-4-6-14(19)7-5-13/h4-10H,1-3H3,(H,21,23)/b20-10-. The summed E-state index contributed by atoms with van der Waals surface area (Å²) < 4.78 is 15.5. The predicted octanol–water partition coefficient (Wildman–Crippen LogP) is 3.05. The summed E-state index contributed by atoms with van der Waals surface area (Å²) in [5, 5.41) is 4.44. The first-order valence-electron chi connectivity index (χ1n) is 7.48. The second-order valence-electron chi connectivity index (χ2n) is 5.05. The van der Waals surface area contributed by atoms with Gasteiger partial charge in [0, 0.05) is 23.1 Å². The van der Waals surface area contributed by atoms with Gasteiger partial charge >= 0.3 is 5.97 Å². The highest BCUT2D eigenvalue weighted by Gasteiger charge is 2.15. The summed E-state index contributed by atoms with van der Waals surface area (Å²) in [6.45, 7) is 1.28. The number of carbonyl (C=O) groups excluding carboxylic acids is 2. The Balaban J connectivity index is 2.17. The zero-order valence-corrected chi connectivity index (χ0v) is 15.2. The molecule has 0 aliphatic rings. The second kappa shape index (κ2) is 8.87. The number of nitrogens with zero attached hydrogens (tertiary/aromatic N) is 1. The number of rotatable bonds is 6. The number of hydrogen-bond acceptors (Lipinski definition) is 6. The fourth-order valence-electron chi connectivity index (χ4n) is 2.05.